The van der Waals surface area contributed by atoms with Gasteiger partial charge in [-0.05, 0) is 0 Å². The average molecular weight is 250 g/mol. The molecule has 4 nitrogen and oxygen atoms in total. The van der Waals surface area contributed by atoms with Crippen LogP contribution in [0, 0.1) is 47.3 Å². The van der Waals surface area contributed by atoms with Gasteiger partial charge in [-0.15, -0.1) is 0 Å². The standard InChI is InChI=1S/4CN.K.Pd/c4*1-2;;/q4*-1;+1;. The van der Waals surface area contributed by atoms with Crippen LogP contribution in [0.15, 0.2) is 0 Å². The molecule has 0 aliphatic carbocycles. The summed E-state index contributed by atoms with van der Waals surface area (Å²) in [5.41, 5.74) is 0. The summed E-state index contributed by atoms with van der Waals surface area (Å²) in [4.78, 5) is 0. The van der Waals surface area contributed by atoms with Crippen LogP contribution in [0.4, 0.5) is 0 Å². The largest absolute Gasteiger partial charge is 1.00 e. The second-order valence-corrected chi connectivity index (χ2v) is 0. The molecule has 0 saturated heterocycles. The quantitative estimate of drug-likeness (QED) is 0.347. The van der Waals surface area contributed by atoms with Crippen LogP contribution < -0.4 is 51.4 Å². The van der Waals surface area contributed by atoms with Gasteiger partial charge in [0.05, 0.1) is 0 Å². The van der Waals surface area contributed by atoms with Gasteiger partial charge in [-0.3, -0.25) is 0 Å². The van der Waals surface area contributed by atoms with Crippen LogP contribution in [-0.2, 0) is 20.4 Å². The van der Waals surface area contributed by atoms with E-state index >= 15 is 0 Å². The molecule has 10 heavy (non-hydrogen) atoms. The summed E-state index contributed by atoms with van der Waals surface area (Å²) in [5.74, 6) is 0. The van der Waals surface area contributed by atoms with Crippen LogP contribution in [0.3, 0.4) is 0 Å². The first-order chi connectivity index (χ1) is 4.00. The molecule has 0 N–H and O–H groups in total. The molecular formula is C4KN4Pd-3. The summed E-state index contributed by atoms with van der Waals surface area (Å²) in [6.07, 6.45) is 0. The Morgan fingerprint density at radius 1 is 0.500 bits per heavy atom. The number of nitrogens with zero attached hydrogens (tertiary/aromatic N) is 4. The van der Waals surface area contributed by atoms with Gasteiger partial charge in [0.1, 0.15) is 0 Å². The number of hydrogen-bond donors (Lipinski definition) is 0. The van der Waals surface area contributed by atoms with Gasteiger partial charge in [0.2, 0.25) is 0 Å². The minimum absolute atomic E-state index is 0. The molecule has 0 aliphatic rings. The monoisotopic (exact) mass is 249 g/mol. The second-order valence-electron chi connectivity index (χ2n) is 0. The molecule has 0 radical (unpaired) electrons. The molecule has 0 unspecified atom stereocenters. The van der Waals surface area contributed by atoms with E-state index in [0.29, 0.717) is 0 Å². The molecule has 6 heteroatoms. The van der Waals surface area contributed by atoms with Crippen molar-refractivity contribution >= 4 is 0 Å². The van der Waals surface area contributed by atoms with E-state index in [9.17, 15) is 0 Å². The van der Waals surface area contributed by atoms with E-state index in [1.165, 1.54) is 0 Å². The smallest absolute Gasteiger partial charge is 0.512 e. The van der Waals surface area contributed by atoms with Gasteiger partial charge >= 0.3 is 51.4 Å². The van der Waals surface area contributed by atoms with Crippen LogP contribution >= 0.6 is 0 Å². The first-order valence-electron chi connectivity index (χ1n) is 0.894. The molecule has 0 bridgehead atoms. The van der Waals surface area contributed by atoms with Crippen LogP contribution in [0.2, 0.25) is 0 Å². The Balaban J connectivity index is -0.00000000500. The first kappa shape index (κ1) is 48.5. The minimum atomic E-state index is 0. The van der Waals surface area contributed by atoms with E-state index in [4.69, 9.17) is 47.3 Å². The van der Waals surface area contributed by atoms with E-state index in [0.717, 1.165) is 0 Å². The van der Waals surface area contributed by atoms with Crippen molar-refractivity contribution in [2.24, 2.45) is 0 Å². The summed E-state index contributed by atoms with van der Waals surface area (Å²) in [6, 6.07) is 0. The zero-order valence-electron chi connectivity index (χ0n) is 5.11. The Labute approximate surface area is 117 Å². The molecule has 0 rings (SSSR count). The fourth-order valence-electron chi connectivity index (χ4n) is 0. The maximum atomic E-state index is 6.25. The van der Waals surface area contributed by atoms with Gasteiger partial charge in [-0.2, -0.15) is 0 Å². The van der Waals surface area contributed by atoms with Crippen molar-refractivity contribution in [2.45, 2.75) is 0 Å². The van der Waals surface area contributed by atoms with Crippen molar-refractivity contribution in [1.29, 1.82) is 21.0 Å². The molecule has 0 heterocycles. The number of rotatable bonds is 0. The number of hydrogen-bond acceptors (Lipinski definition) is 4. The second kappa shape index (κ2) is 9440. The Morgan fingerprint density at radius 2 is 0.500 bits per heavy atom. The van der Waals surface area contributed by atoms with Crippen LogP contribution in [0.25, 0.3) is 0 Å². The average Bonchev–Trinajstić information content (AvgIpc) is 2.03. The summed E-state index contributed by atoms with van der Waals surface area (Å²) in [7, 11) is 0. The predicted octanol–water partition coefficient (Wildman–Crippen LogP) is -2.61. The Hall–Kier alpha value is 0.259. The molecule has 0 spiro atoms. The summed E-state index contributed by atoms with van der Waals surface area (Å²) < 4.78 is 0. The molecular weight excluding hydrogens is 250 g/mol. The van der Waals surface area contributed by atoms with Crippen molar-refractivity contribution in [3.8, 4) is 0 Å². The van der Waals surface area contributed by atoms with Crippen molar-refractivity contribution in [3.63, 3.8) is 0 Å². The molecule has 0 aromatic rings. The van der Waals surface area contributed by atoms with E-state index in [2.05, 4.69) is 0 Å². The van der Waals surface area contributed by atoms with Crippen LogP contribution in [0.1, 0.15) is 0 Å². The van der Waals surface area contributed by atoms with Crippen LogP contribution in [-0.4, -0.2) is 0 Å². The maximum absolute atomic E-state index is 6.25. The van der Waals surface area contributed by atoms with Crippen molar-refractivity contribution in [2.75, 3.05) is 0 Å². The third-order valence-electron chi connectivity index (χ3n) is 0. The molecule has 50 valence electrons. The zero-order chi connectivity index (χ0) is 8.00. The Morgan fingerprint density at radius 3 is 0.500 bits per heavy atom. The first-order valence-corrected chi connectivity index (χ1v) is 0.894. The normalized spacial score (nSPS) is 0.800. The van der Waals surface area contributed by atoms with E-state index in [1.54, 1.807) is 0 Å². The Bertz CT molecular complexity index is 60.2. The van der Waals surface area contributed by atoms with E-state index in [1.807, 2.05) is 0 Å². The molecule has 0 amide bonds. The third kappa shape index (κ3) is 6500. The van der Waals surface area contributed by atoms with Gasteiger partial charge in [-0.25, -0.2) is 0 Å². The SMILES string of the molecule is [C-]#N.[C-]#N.[C-]#N.[C-]#N.[K+].[Pd]. The molecule has 0 aliphatic heterocycles. The molecule has 0 aromatic carbocycles. The minimum Gasteiger partial charge on any atom is -0.512 e. The van der Waals surface area contributed by atoms with Gasteiger partial charge < -0.3 is 47.3 Å². The summed E-state index contributed by atoms with van der Waals surface area (Å²) in [6.45, 7) is 19.0. The van der Waals surface area contributed by atoms with Gasteiger partial charge in [0, 0.05) is 20.4 Å². The van der Waals surface area contributed by atoms with Crippen molar-refractivity contribution in [3.05, 3.63) is 26.3 Å². The Kier molecular flexibility index (Phi) is 45800. The van der Waals surface area contributed by atoms with Crippen molar-refractivity contribution < 1.29 is 71.8 Å². The van der Waals surface area contributed by atoms with Crippen molar-refractivity contribution in [1.82, 2.24) is 0 Å². The fourth-order valence-corrected chi connectivity index (χ4v) is 0. The summed E-state index contributed by atoms with van der Waals surface area (Å²) >= 11 is 0. The molecule has 0 atom stereocenters. The predicted molar refractivity (Wildman–Crippen MR) is 19.9 cm³/mol. The van der Waals surface area contributed by atoms with E-state index < -0.39 is 0 Å². The van der Waals surface area contributed by atoms with Gasteiger partial charge in [0.25, 0.3) is 0 Å². The molecule has 0 saturated carbocycles. The van der Waals surface area contributed by atoms with Gasteiger partial charge in [0.15, 0.2) is 0 Å². The van der Waals surface area contributed by atoms with Crippen LogP contribution in [0.5, 0.6) is 0 Å². The van der Waals surface area contributed by atoms with E-state index in [-0.39, 0.29) is 71.8 Å². The maximum Gasteiger partial charge on any atom is 1.00 e. The molecule has 0 fully saturated rings. The molecule has 0 aromatic heterocycles. The van der Waals surface area contributed by atoms with Gasteiger partial charge in [-0.1, -0.05) is 0 Å². The third-order valence-corrected chi connectivity index (χ3v) is 0. The zero-order valence-corrected chi connectivity index (χ0v) is 9.78. The topological polar surface area (TPSA) is 95.2 Å². The fraction of sp³-hybridized carbons (Fsp3) is 0. The summed E-state index contributed by atoms with van der Waals surface area (Å²) in [5, 5.41) is 25.0.